The molecule has 0 unspecified atom stereocenters. The number of hydrogen-bond acceptors (Lipinski definition) is 4. The minimum atomic E-state index is -0.725. The van der Waals surface area contributed by atoms with E-state index in [0.717, 1.165) is 0 Å². The molecule has 0 bridgehead atoms. The monoisotopic (exact) mass is 376 g/mol. The fourth-order valence-corrected chi connectivity index (χ4v) is 3.10. The highest BCUT2D eigenvalue weighted by Crippen LogP contribution is 2.35. The van der Waals surface area contributed by atoms with Crippen LogP contribution >= 0.6 is 11.6 Å². The Kier molecular flexibility index (Phi) is 4.44. The minimum Gasteiger partial charge on any atom is -0.312 e. The van der Waals surface area contributed by atoms with Gasteiger partial charge in [0.15, 0.2) is 5.71 Å². The summed E-state index contributed by atoms with van der Waals surface area (Å²) in [7, 11) is 0. The van der Waals surface area contributed by atoms with E-state index in [1.807, 2.05) is 42.5 Å². The van der Waals surface area contributed by atoms with Gasteiger partial charge in [0.1, 0.15) is 0 Å². The molecule has 132 valence electrons. The van der Waals surface area contributed by atoms with Gasteiger partial charge in [-0.05, 0) is 30.3 Å². The van der Waals surface area contributed by atoms with Crippen LogP contribution in [-0.4, -0.2) is 17.6 Å². The number of anilines is 2. The number of halogens is 1. The SMILES string of the molecule is O=C(O/N=C1\C(=O)N(c2ccccc2)c2ccccc21)c1ccccc1Cl. The number of benzene rings is 3. The summed E-state index contributed by atoms with van der Waals surface area (Å²) < 4.78 is 0. The lowest BCUT2D eigenvalue weighted by molar-refractivity contribution is -0.111. The van der Waals surface area contributed by atoms with Crippen LogP contribution in [-0.2, 0) is 9.63 Å². The Labute approximate surface area is 160 Å². The molecule has 0 spiro atoms. The molecule has 3 aromatic rings. The van der Waals surface area contributed by atoms with Gasteiger partial charge in [-0.25, -0.2) is 4.79 Å². The summed E-state index contributed by atoms with van der Waals surface area (Å²) in [6.45, 7) is 0. The third kappa shape index (κ3) is 3.09. The summed E-state index contributed by atoms with van der Waals surface area (Å²) in [5.74, 6) is -1.09. The molecule has 1 aliphatic rings. The van der Waals surface area contributed by atoms with Crippen molar-refractivity contribution < 1.29 is 14.4 Å². The van der Waals surface area contributed by atoms with Crippen LogP contribution in [0.1, 0.15) is 15.9 Å². The summed E-state index contributed by atoms with van der Waals surface area (Å²) in [4.78, 5) is 31.8. The second-order valence-electron chi connectivity index (χ2n) is 5.79. The van der Waals surface area contributed by atoms with Crippen molar-refractivity contribution in [2.45, 2.75) is 0 Å². The van der Waals surface area contributed by atoms with Gasteiger partial charge in [-0.1, -0.05) is 65.3 Å². The predicted octanol–water partition coefficient (Wildman–Crippen LogP) is 4.58. The molecule has 4 rings (SSSR count). The quantitative estimate of drug-likeness (QED) is 0.496. The smallest absolute Gasteiger partial charge is 0.312 e. The van der Waals surface area contributed by atoms with Crippen LogP contribution in [0.5, 0.6) is 0 Å². The van der Waals surface area contributed by atoms with Crippen LogP contribution < -0.4 is 4.90 Å². The predicted molar refractivity (Wildman–Crippen MR) is 103 cm³/mol. The van der Waals surface area contributed by atoms with Gasteiger partial charge in [0, 0.05) is 11.3 Å². The molecule has 1 heterocycles. The molecule has 0 aliphatic carbocycles. The van der Waals surface area contributed by atoms with E-state index in [-0.39, 0.29) is 22.2 Å². The zero-order valence-electron chi connectivity index (χ0n) is 14.0. The molecule has 3 aromatic carbocycles. The van der Waals surface area contributed by atoms with Crippen molar-refractivity contribution in [2.24, 2.45) is 5.16 Å². The molecule has 27 heavy (non-hydrogen) atoms. The maximum Gasteiger partial charge on any atom is 0.367 e. The summed E-state index contributed by atoms with van der Waals surface area (Å²) in [6, 6.07) is 22.9. The van der Waals surface area contributed by atoms with Crippen LogP contribution in [0.25, 0.3) is 0 Å². The molecule has 5 nitrogen and oxygen atoms in total. The van der Waals surface area contributed by atoms with E-state index >= 15 is 0 Å². The molecule has 0 atom stereocenters. The standard InChI is InChI=1S/C21H13ClN2O3/c22-17-12-6-4-10-15(17)21(26)27-23-19-16-11-5-7-13-18(16)24(20(19)25)14-8-2-1-3-9-14/h1-13H/b23-19-. The van der Waals surface area contributed by atoms with Gasteiger partial charge in [0.2, 0.25) is 0 Å². The summed E-state index contributed by atoms with van der Waals surface area (Å²) in [6.07, 6.45) is 0. The number of carbonyl (C=O) groups excluding carboxylic acids is 2. The Balaban J connectivity index is 1.69. The Morgan fingerprint density at radius 1 is 0.889 bits per heavy atom. The molecule has 1 aliphatic heterocycles. The Morgan fingerprint density at radius 2 is 1.56 bits per heavy atom. The average Bonchev–Trinajstić information content (AvgIpc) is 2.98. The molecule has 1 amide bonds. The van der Waals surface area contributed by atoms with Crippen LogP contribution in [0, 0.1) is 0 Å². The second kappa shape index (κ2) is 7.05. The first-order valence-electron chi connectivity index (χ1n) is 8.19. The first kappa shape index (κ1) is 17.0. The molecule has 0 fully saturated rings. The molecule has 0 saturated carbocycles. The highest BCUT2D eigenvalue weighted by Gasteiger charge is 2.35. The lowest BCUT2D eigenvalue weighted by Gasteiger charge is -2.16. The Morgan fingerprint density at radius 3 is 2.33 bits per heavy atom. The molecule has 6 heteroatoms. The number of fused-ring (bicyclic) bond motifs is 1. The first-order chi connectivity index (χ1) is 13.2. The maximum atomic E-state index is 13.0. The van der Waals surface area contributed by atoms with Crippen molar-refractivity contribution in [2.75, 3.05) is 4.90 Å². The number of nitrogens with zero attached hydrogens (tertiary/aromatic N) is 2. The van der Waals surface area contributed by atoms with Crippen molar-refractivity contribution in [3.8, 4) is 0 Å². The molecular formula is C21H13ClN2O3. The van der Waals surface area contributed by atoms with Gasteiger partial charge in [-0.2, -0.15) is 0 Å². The summed E-state index contributed by atoms with van der Waals surface area (Å²) in [5.41, 5.74) is 2.23. The minimum absolute atomic E-state index is 0.0647. The van der Waals surface area contributed by atoms with Gasteiger partial charge in [-0.15, -0.1) is 0 Å². The number of carbonyl (C=O) groups is 2. The molecule has 0 aromatic heterocycles. The van der Waals surface area contributed by atoms with Gasteiger partial charge >= 0.3 is 5.97 Å². The molecule has 0 radical (unpaired) electrons. The van der Waals surface area contributed by atoms with Crippen molar-refractivity contribution in [3.63, 3.8) is 0 Å². The topological polar surface area (TPSA) is 59.0 Å². The fourth-order valence-electron chi connectivity index (χ4n) is 2.88. The van der Waals surface area contributed by atoms with Crippen molar-refractivity contribution in [1.29, 1.82) is 0 Å². The van der Waals surface area contributed by atoms with E-state index in [4.69, 9.17) is 16.4 Å². The normalized spacial score (nSPS) is 14.3. The van der Waals surface area contributed by atoms with E-state index in [2.05, 4.69) is 5.16 Å². The molecule has 0 saturated heterocycles. The lowest BCUT2D eigenvalue weighted by Crippen LogP contribution is -2.25. The molecule has 0 N–H and O–H groups in total. The highest BCUT2D eigenvalue weighted by atomic mass is 35.5. The van der Waals surface area contributed by atoms with E-state index < -0.39 is 5.97 Å². The summed E-state index contributed by atoms with van der Waals surface area (Å²) >= 11 is 6.00. The molecular weight excluding hydrogens is 364 g/mol. The van der Waals surface area contributed by atoms with Gasteiger partial charge < -0.3 is 4.84 Å². The number of amides is 1. The van der Waals surface area contributed by atoms with Crippen molar-refractivity contribution in [3.05, 3.63) is 95.0 Å². The average molecular weight is 377 g/mol. The van der Waals surface area contributed by atoms with Gasteiger partial charge in [-0.3, -0.25) is 9.69 Å². The van der Waals surface area contributed by atoms with Gasteiger partial charge in [0.25, 0.3) is 5.91 Å². The largest absolute Gasteiger partial charge is 0.367 e. The zero-order valence-corrected chi connectivity index (χ0v) is 14.8. The van der Waals surface area contributed by atoms with Crippen LogP contribution in [0.15, 0.2) is 84.0 Å². The van der Waals surface area contributed by atoms with Crippen LogP contribution in [0.3, 0.4) is 0 Å². The number of para-hydroxylation sites is 2. The van der Waals surface area contributed by atoms with E-state index in [1.54, 1.807) is 30.3 Å². The zero-order chi connectivity index (χ0) is 18.8. The number of rotatable bonds is 3. The third-order valence-electron chi connectivity index (χ3n) is 4.13. The van der Waals surface area contributed by atoms with Crippen molar-refractivity contribution in [1.82, 2.24) is 0 Å². The Hall–Kier alpha value is -3.44. The van der Waals surface area contributed by atoms with Gasteiger partial charge in [0.05, 0.1) is 16.3 Å². The highest BCUT2D eigenvalue weighted by molar-refractivity contribution is 6.55. The van der Waals surface area contributed by atoms with Crippen LogP contribution in [0.2, 0.25) is 5.02 Å². The van der Waals surface area contributed by atoms with Crippen molar-refractivity contribution >= 4 is 40.6 Å². The number of oxime groups is 1. The first-order valence-corrected chi connectivity index (χ1v) is 8.57. The fraction of sp³-hybridized carbons (Fsp3) is 0. The maximum absolute atomic E-state index is 13.0. The Bertz CT molecular complexity index is 1060. The third-order valence-corrected chi connectivity index (χ3v) is 4.46. The number of hydrogen-bond donors (Lipinski definition) is 0. The summed E-state index contributed by atoms with van der Waals surface area (Å²) in [5, 5.41) is 4.11. The van der Waals surface area contributed by atoms with Crippen LogP contribution in [0.4, 0.5) is 11.4 Å². The van der Waals surface area contributed by atoms with E-state index in [1.165, 1.54) is 11.0 Å². The lowest BCUT2D eigenvalue weighted by atomic mass is 10.1. The second-order valence-corrected chi connectivity index (χ2v) is 6.20. The van der Waals surface area contributed by atoms with E-state index in [0.29, 0.717) is 16.9 Å². The van der Waals surface area contributed by atoms with E-state index in [9.17, 15) is 9.59 Å².